The molecule has 1 saturated heterocycles. The van der Waals surface area contributed by atoms with Crippen LogP contribution in [0, 0.1) is 0 Å². The molecule has 1 aliphatic heterocycles. The van der Waals surface area contributed by atoms with Gasteiger partial charge in [-0.3, -0.25) is 9.48 Å². The fourth-order valence-corrected chi connectivity index (χ4v) is 3.26. The van der Waals surface area contributed by atoms with E-state index >= 15 is 0 Å². The van der Waals surface area contributed by atoms with Crippen LogP contribution in [0.3, 0.4) is 0 Å². The maximum Gasteiger partial charge on any atom is 0.274 e. The van der Waals surface area contributed by atoms with Gasteiger partial charge in [0, 0.05) is 43.8 Å². The molecule has 1 amide bonds. The summed E-state index contributed by atoms with van der Waals surface area (Å²) in [6, 6.07) is 1.77. The molecule has 19 heavy (non-hydrogen) atoms. The summed E-state index contributed by atoms with van der Waals surface area (Å²) in [6.07, 6.45) is 5.78. The average Bonchev–Trinajstić information content (AvgIpc) is 3.09. The number of carbonyl (C=O) groups is 1. The number of amides is 1. The van der Waals surface area contributed by atoms with Crippen molar-refractivity contribution in [2.75, 3.05) is 13.1 Å². The molecular formula is C13H16N4OS. The topological polar surface area (TPSA) is 51.0 Å². The number of thiazole rings is 1. The van der Waals surface area contributed by atoms with Gasteiger partial charge in [0.15, 0.2) is 0 Å². The number of rotatable bonds is 2. The summed E-state index contributed by atoms with van der Waals surface area (Å²) < 4.78 is 1.66. The first-order valence-electron chi connectivity index (χ1n) is 6.42. The molecule has 1 aliphatic rings. The highest BCUT2D eigenvalue weighted by molar-refractivity contribution is 7.09. The molecule has 6 heteroatoms. The molecule has 3 heterocycles. The number of nitrogens with zero attached hydrogens (tertiary/aromatic N) is 4. The predicted octanol–water partition coefficient (Wildman–Crippen LogP) is 1.90. The lowest BCUT2D eigenvalue weighted by molar-refractivity contribution is 0.0700. The Kier molecular flexibility index (Phi) is 3.33. The van der Waals surface area contributed by atoms with Crippen LogP contribution in [0.4, 0.5) is 0 Å². The molecule has 0 saturated carbocycles. The van der Waals surface area contributed by atoms with Crippen LogP contribution in [0.2, 0.25) is 0 Å². The van der Waals surface area contributed by atoms with Crippen molar-refractivity contribution in [3.05, 3.63) is 34.5 Å². The van der Waals surface area contributed by atoms with Gasteiger partial charge in [0.1, 0.15) is 5.69 Å². The highest BCUT2D eigenvalue weighted by Crippen LogP contribution is 2.28. The van der Waals surface area contributed by atoms with E-state index in [0.29, 0.717) is 11.6 Å². The second-order valence-corrected chi connectivity index (χ2v) is 5.76. The number of likely N-dealkylation sites (tertiary alicyclic amines) is 1. The van der Waals surface area contributed by atoms with Crippen LogP contribution in [-0.2, 0) is 7.05 Å². The standard InChI is InChI=1S/C13H16N4OS/c1-16-7-4-11(15-16)13(18)17-6-2-3-10(9-17)12-14-5-8-19-12/h4-5,7-8,10H,2-3,6,9H2,1H3/t10-/m0/s1. The molecule has 1 atom stereocenters. The molecule has 0 radical (unpaired) electrons. The van der Waals surface area contributed by atoms with Gasteiger partial charge in [-0.1, -0.05) is 0 Å². The van der Waals surface area contributed by atoms with Gasteiger partial charge in [-0.25, -0.2) is 4.98 Å². The van der Waals surface area contributed by atoms with E-state index in [1.165, 1.54) is 0 Å². The fraction of sp³-hybridized carbons (Fsp3) is 0.462. The minimum atomic E-state index is 0.0295. The minimum absolute atomic E-state index is 0.0295. The molecule has 1 fully saturated rings. The molecule has 2 aromatic rings. The Hall–Kier alpha value is -1.69. The maximum absolute atomic E-state index is 12.4. The van der Waals surface area contributed by atoms with Gasteiger partial charge >= 0.3 is 0 Å². The Balaban J connectivity index is 1.73. The molecule has 0 N–H and O–H groups in total. The van der Waals surface area contributed by atoms with Crippen LogP contribution in [0.15, 0.2) is 23.8 Å². The molecule has 2 aromatic heterocycles. The van der Waals surface area contributed by atoms with Crippen molar-refractivity contribution in [3.63, 3.8) is 0 Å². The van der Waals surface area contributed by atoms with E-state index in [1.807, 2.05) is 23.5 Å². The highest BCUT2D eigenvalue weighted by atomic mass is 32.1. The second kappa shape index (κ2) is 5.13. The van der Waals surface area contributed by atoms with E-state index in [-0.39, 0.29) is 5.91 Å². The monoisotopic (exact) mass is 276 g/mol. The first-order chi connectivity index (χ1) is 9.24. The van der Waals surface area contributed by atoms with E-state index in [2.05, 4.69) is 10.1 Å². The molecular weight excluding hydrogens is 260 g/mol. The molecule has 0 aliphatic carbocycles. The zero-order valence-electron chi connectivity index (χ0n) is 10.8. The zero-order chi connectivity index (χ0) is 13.2. The first kappa shape index (κ1) is 12.3. The van der Waals surface area contributed by atoms with Gasteiger partial charge in [-0.2, -0.15) is 5.10 Å². The van der Waals surface area contributed by atoms with E-state index in [4.69, 9.17) is 0 Å². The summed E-state index contributed by atoms with van der Waals surface area (Å²) in [6.45, 7) is 1.57. The smallest absolute Gasteiger partial charge is 0.274 e. The number of carbonyl (C=O) groups excluding carboxylic acids is 1. The Labute approximate surface area is 115 Å². The van der Waals surface area contributed by atoms with Crippen LogP contribution in [0.25, 0.3) is 0 Å². The molecule has 5 nitrogen and oxygen atoms in total. The SMILES string of the molecule is Cn1ccc(C(=O)N2CCC[C@H](c3nccs3)C2)n1. The van der Waals surface area contributed by atoms with Crippen molar-refractivity contribution >= 4 is 17.2 Å². The lowest BCUT2D eigenvalue weighted by atomic mass is 9.98. The first-order valence-corrected chi connectivity index (χ1v) is 7.30. The van der Waals surface area contributed by atoms with Crippen molar-refractivity contribution in [1.82, 2.24) is 19.7 Å². The summed E-state index contributed by atoms with van der Waals surface area (Å²) in [5.41, 5.74) is 0.530. The Bertz CT molecular complexity index is 563. The number of piperidine rings is 1. The molecule has 0 spiro atoms. The van der Waals surface area contributed by atoms with Gasteiger partial charge in [-0.05, 0) is 18.9 Å². The second-order valence-electron chi connectivity index (χ2n) is 4.84. The predicted molar refractivity (Wildman–Crippen MR) is 73.2 cm³/mol. The van der Waals surface area contributed by atoms with Gasteiger partial charge in [-0.15, -0.1) is 11.3 Å². The summed E-state index contributed by atoms with van der Waals surface area (Å²) in [5, 5.41) is 7.32. The largest absolute Gasteiger partial charge is 0.337 e. The molecule has 0 unspecified atom stereocenters. The zero-order valence-corrected chi connectivity index (χ0v) is 11.6. The average molecular weight is 276 g/mol. The van der Waals surface area contributed by atoms with Crippen LogP contribution >= 0.6 is 11.3 Å². The van der Waals surface area contributed by atoms with Gasteiger partial charge in [0.05, 0.1) is 5.01 Å². The van der Waals surface area contributed by atoms with Crippen LogP contribution in [0.5, 0.6) is 0 Å². The summed E-state index contributed by atoms with van der Waals surface area (Å²) in [4.78, 5) is 18.6. The van der Waals surface area contributed by atoms with Crippen molar-refractivity contribution in [2.24, 2.45) is 7.05 Å². The van der Waals surface area contributed by atoms with Crippen molar-refractivity contribution in [2.45, 2.75) is 18.8 Å². The summed E-state index contributed by atoms with van der Waals surface area (Å²) >= 11 is 1.67. The number of aryl methyl sites for hydroxylation is 1. The van der Waals surface area contributed by atoms with Gasteiger partial charge in [0.2, 0.25) is 0 Å². The third-order valence-electron chi connectivity index (χ3n) is 3.44. The maximum atomic E-state index is 12.4. The number of hydrogen-bond acceptors (Lipinski definition) is 4. The van der Waals surface area contributed by atoms with E-state index in [0.717, 1.165) is 30.9 Å². The Morgan fingerprint density at radius 1 is 1.53 bits per heavy atom. The third kappa shape index (κ3) is 2.53. The third-order valence-corrected chi connectivity index (χ3v) is 4.38. The van der Waals surface area contributed by atoms with Crippen LogP contribution < -0.4 is 0 Å². The lowest BCUT2D eigenvalue weighted by Crippen LogP contribution is -2.39. The molecule has 0 aromatic carbocycles. The van der Waals surface area contributed by atoms with Gasteiger partial charge in [0.25, 0.3) is 5.91 Å². The van der Waals surface area contributed by atoms with Crippen LogP contribution in [-0.4, -0.2) is 38.7 Å². The molecule has 3 rings (SSSR count). The van der Waals surface area contributed by atoms with E-state index < -0.39 is 0 Å². The van der Waals surface area contributed by atoms with Crippen LogP contribution in [0.1, 0.15) is 34.3 Å². The van der Waals surface area contributed by atoms with Crippen molar-refractivity contribution < 1.29 is 4.79 Å². The highest BCUT2D eigenvalue weighted by Gasteiger charge is 2.27. The fourth-order valence-electron chi connectivity index (χ4n) is 2.49. The molecule has 100 valence electrons. The van der Waals surface area contributed by atoms with E-state index in [1.54, 1.807) is 28.3 Å². The summed E-state index contributed by atoms with van der Waals surface area (Å²) in [5.74, 6) is 0.406. The normalized spacial score (nSPS) is 19.6. The lowest BCUT2D eigenvalue weighted by Gasteiger charge is -2.31. The number of hydrogen-bond donors (Lipinski definition) is 0. The number of aromatic nitrogens is 3. The Morgan fingerprint density at radius 3 is 3.11 bits per heavy atom. The van der Waals surface area contributed by atoms with Crippen molar-refractivity contribution in [3.8, 4) is 0 Å². The molecule has 0 bridgehead atoms. The van der Waals surface area contributed by atoms with E-state index in [9.17, 15) is 4.79 Å². The minimum Gasteiger partial charge on any atom is -0.337 e. The van der Waals surface area contributed by atoms with Gasteiger partial charge < -0.3 is 4.90 Å². The van der Waals surface area contributed by atoms with Crippen molar-refractivity contribution in [1.29, 1.82) is 0 Å². The Morgan fingerprint density at radius 2 is 2.42 bits per heavy atom. The quantitative estimate of drug-likeness (QED) is 0.841. The summed E-state index contributed by atoms with van der Waals surface area (Å²) in [7, 11) is 1.82.